The van der Waals surface area contributed by atoms with Crippen molar-refractivity contribution in [1.29, 1.82) is 0 Å². The summed E-state index contributed by atoms with van der Waals surface area (Å²) >= 11 is 0. The molecule has 0 heterocycles. The van der Waals surface area contributed by atoms with E-state index in [-0.39, 0.29) is 5.78 Å². The van der Waals surface area contributed by atoms with Crippen LogP contribution in [-0.2, 0) is 4.43 Å². The van der Waals surface area contributed by atoms with E-state index in [0.717, 1.165) is 11.1 Å². The van der Waals surface area contributed by atoms with Gasteiger partial charge < -0.3 is 4.43 Å². The van der Waals surface area contributed by atoms with E-state index in [9.17, 15) is 4.79 Å². The number of hydrogen-bond donors (Lipinski definition) is 0. The zero-order valence-corrected chi connectivity index (χ0v) is 13.8. The first-order valence-corrected chi connectivity index (χ1v) is 9.95. The lowest BCUT2D eigenvalue weighted by molar-refractivity contribution is 0.0558. The van der Waals surface area contributed by atoms with E-state index in [1.807, 2.05) is 45.0 Å². The third-order valence-electron chi connectivity index (χ3n) is 2.75. The molecule has 2 nitrogen and oxygen atoms in total. The van der Waals surface area contributed by atoms with Crippen LogP contribution in [0.25, 0.3) is 5.57 Å². The Bertz CT molecular complexity index is 478. The van der Waals surface area contributed by atoms with Gasteiger partial charge in [0.1, 0.15) is 5.60 Å². The first-order valence-electron chi connectivity index (χ1n) is 6.54. The highest BCUT2D eigenvalue weighted by atomic mass is 28.4. The molecule has 0 fully saturated rings. The van der Waals surface area contributed by atoms with E-state index in [2.05, 4.69) is 26.2 Å². The topological polar surface area (TPSA) is 26.3 Å². The van der Waals surface area contributed by atoms with Crippen LogP contribution < -0.4 is 0 Å². The van der Waals surface area contributed by atoms with Gasteiger partial charge in [-0.3, -0.25) is 4.79 Å². The summed E-state index contributed by atoms with van der Waals surface area (Å²) in [6.07, 6.45) is 0. The Balaban J connectivity index is 2.96. The number of rotatable bonds is 5. The largest absolute Gasteiger partial charge is 0.405 e. The minimum absolute atomic E-state index is 0.0307. The number of allylic oxidation sites excluding steroid dienone is 1. The molecular formula is C16H24O2Si. The predicted octanol–water partition coefficient (Wildman–Crippen LogP) is 4.53. The van der Waals surface area contributed by atoms with Gasteiger partial charge in [0, 0.05) is 5.56 Å². The average molecular weight is 276 g/mol. The third-order valence-corrected chi connectivity index (χ3v) is 3.87. The Hall–Kier alpha value is -1.19. The van der Waals surface area contributed by atoms with E-state index < -0.39 is 13.9 Å². The van der Waals surface area contributed by atoms with Crippen LogP contribution in [0.5, 0.6) is 0 Å². The van der Waals surface area contributed by atoms with Crippen molar-refractivity contribution in [3.05, 3.63) is 42.0 Å². The van der Waals surface area contributed by atoms with Crippen LogP contribution in [0.15, 0.2) is 30.8 Å². The highest BCUT2D eigenvalue weighted by Crippen LogP contribution is 2.23. The molecule has 1 aromatic rings. The van der Waals surface area contributed by atoms with Gasteiger partial charge in [-0.1, -0.05) is 36.4 Å². The summed E-state index contributed by atoms with van der Waals surface area (Å²) in [5.41, 5.74) is 1.97. The van der Waals surface area contributed by atoms with Gasteiger partial charge in [-0.05, 0) is 46.0 Å². The smallest absolute Gasteiger partial charge is 0.192 e. The molecule has 0 saturated carbocycles. The first kappa shape index (κ1) is 15.9. The van der Waals surface area contributed by atoms with E-state index in [1.165, 1.54) is 0 Å². The number of benzene rings is 1. The van der Waals surface area contributed by atoms with Crippen LogP contribution in [0, 0.1) is 0 Å². The second-order valence-electron chi connectivity index (χ2n) is 6.41. The molecule has 0 amide bonds. The van der Waals surface area contributed by atoms with Gasteiger partial charge in [0.05, 0.1) is 0 Å². The first-order chi connectivity index (χ1) is 8.53. The maximum atomic E-state index is 12.5. The molecule has 0 aliphatic heterocycles. The maximum Gasteiger partial charge on any atom is 0.192 e. The molecule has 0 radical (unpaired) electrons. The maximum absolute atomic E-state index is 12.5. The fourth-order valence-corrected chi connectivity index (χ4v) is 3.69. The van der Waals surface area contributed by atoms with Crippen molar-refractivity contribution in [2.75, 3.05) is 0 Å². The summed E-state index contributed by atoms with van der Waals surface area (Å²) < 4.78 is 5.99. The molecule has 0 bridgehead atoms. The molecule has 0 aliphatic carbocycles. The molecule has 0 N–H and O–H groups in total. The minimum atomic E-state index is -1.75. The van der Waals surface area contributed by atoms with Crippen molar-refractivity contribution < 1.29 is 9.22 Å². The van der Waals surface area contributed by atoms with Crippen molar-refractivity contribution in [3.63, 3.8) is 0 Å². The van der Waals surface area contributed by atoms with Crippen LogP contribution in [0.3, 0.4) is 0 Å². The number of carbonyl (C=O) groups is 1. The molecule has 0 spiro atoms. The quantitative estimate of drug-likeness (QED) is 0.583. The molecular weight excluding hydrogens is 252 g/mol. The van der Waals surface area contributed by atoms with E-state index in [0.29, 0.717) is 5.56 Å². The number of Topliss-reactive ketones (excluding diaryl/α,β-unsaturated/α-hetero) is 1. The van der Waals surface area contributed by atoms with Gasteiger partial charge in [0.25, 0.3) is 0 Å². The fraction of sp³-hybridized carbons (Fsp3) is 0.438. The van der Waals surface area contributed by atoms with Crippen molar-refractivity contribution in [1.82, 2.24) is 0 Å². The molecule has 19 heavy (non-hydrogen) atoms. The Morgan fingerprint density at radius 3 is 1.89 bits per heavy atom. The predicted molar refractivity (Wildman–Crippen MR) is 84.0 cm³/mol. The molecule has 0 aliphatic rings. The number of hydrogen-bond acceptors (Lipinski definition) is 2. The van der Waals surface area contributed by atoms with Crippen LogP contribution in [-0.4, -0.2) is 19.7 Å². The summed E-state index contributed by atoms with van der Waals surface area (Å²) in [6, 6.07) is 7.56. The highest BCUT2D eigenvalue weighted by molar-refractivity contribution is 6.70. The van der Waals surface area contributed by atoms with Crippen LogP contribution in [0.4, 0.5) is 0 Å². The summed E-state index contributed by atoms with van der Waals surface area (Å²) in [6.45, 7) is 15.8. The van der Waals surface area contributed by atoms with Crippen LogP contribution in [0.2, 0.25) is 19.6 Å². The molecule has 0 atom stereocenters. The summed E-state index contributed by atoms with van der Waals surface area (Å²) in [4.78, 5) is 12.5. The number of carbonyl (C=O) groups excluding carboxylic acids is 1. The summed E-state index contributed by atoms with van der Waals surface area (Å²) in [5, 5.41) is 0. The van der Waals surface area contributed by atoms with Crippen molar-refractivity contribution in [3.8, 4) is 0 Å². The van der Waals surface area contributed by atoms with Gasteiger partial charge in [-0.15, -0.1) is 0 Å². The van der Waals surface area contributed by atoms with E-state index in [1.54, 1.807) is 0 Å². The molecule has 0 saturated heterocycles. The zero-order chi connectivity index (χ0) is 14.8. The zero-order valence-electron chi connectivity index (χ0n) is 12.8. The van der Waals surface area contributed by atoms with Crippen molar-refractivity contribution in [2.24, 2.45) is 0 Å². The lowest BCUT2D eigenvalue weighted by Gasteiger charge is -2.31. The fourth-order valence-electron chi connectivity index (χ4n) is 2.07. The third kappa shape index (κ3) is 4.44. The second-order valence-corrected chi connectivity index (χ2v) is 10.8. The number of ketones is 1. The Morgan fingerprint density at radius 1 is 1.11 bits per heavy atom. The Kier molecular flexibility index (Phi) is 4.53. The van der Waals surface area contributed by atoms with Gasteiger partial charge in [-0.2, -0.15) is 0 Å². The van der Waals surface area contributed by atoms with Crippen LogP contribution in [0.1, 0.15) is 36.7 Å². The molecule has 1 aromatic carbocycles. The molecule has 1 rings (SSSR count). The monoisotopic (exact) mass is 276 g/mol. The Labute approximate surface area is 117 Å². The normalized spacial score (nSPS) is 12.3. The Morgan fingerprint density at radius 2 is 1.53 bits per heavy atom. The minimum Gasteiger partial charge on any atom is -0.405 e. The standard InChI is InChI=1S/C16H24O2Si/c1-12(2)13-8-10-14(11-9-13)15(17)16(3,4)18-19(5,6)7/h8-11H,1H2,2-7H3. The summed E-state index contributed by atoms with van der Waals surface area (Å²) in [7, 11) is -1.75. The molecule has 3 heteroatoms. The van der Waals surface area contributed by atoms with Gasteiger partial charge in [-0.25, -0.2) is 0 Å². The lowest BCUT2D eigenvalue weighted by atomic mass is 9.95. The van der Waals surface area contributed by atoms with Gasteiger partial charge >= 0.3 is 0 Å². The van der Waals surface area contributed by atoms with E-state index >= 15 is 0 Å². The summed E-state index contributed by atoms with van der Waals surface area (Å²) in [5.74, 6) is 0.0307. The van der Waals surface area contributed by atoms with Crippen LogP contribution >= 0.6 is 0 Å². The molecule has 0 aromatic heterocycles. The van der Waals surface area contributed by atoms with Gasteiger partial charge in [0.15, 0.2) is 14.1 Å². The average Bonchev–Trinajstić information content (AvgIpc) is 2.25. The molecule has 104 valence electrons. The highest BCUT2D eigenvalue weighted by Gasteiger charge is 2.34. The van der Waals surface area contributed by atoms with Crippen molar-refractivity contribution in [2.45, 2.75) is 46.0 Å². The molecule has 0 unspecified atom stereocenters. The van der Waals surface area contributed by atoms with E-state index in [4.69, 9.17) is 4.43 Å². The SMILES string of the molecule is C=C(C)c1ccc(C(=O)C(C)(C)O[Si](C)(C)C)cc1. The lowest BCUT2D eigenvalue weighted by Crippen LogP contribution is -2.44. The van der Waals surface area contributed by atoms with Gasteiger partial charge in [0.2, 0.25) is 0 Å². The second kappa shape index (κ2) is 5.43. The van der Waals surface area contributed by atoms with Crippen molar-refractivity contribution >= 4 is 19.7 Å².